The molecule has 3 N–H and O–H groups in total. The molecule has 15 heteroatoms. The molecule has 5 heterocycles. The van der Waals surface area contributed by atoms with E-state index >= 15 is 0 Å². The summed E-state index contributed by atoms with van der Waals surface area (Å²) in [5, 5.41) is 2.71. The lowest BCUT2D eigenvalue weighted by molar-refractivity contribution is 0.0303. The quantitative estimate of drug-likeness (QED) is 0.323. The van der Waals surface area contributed by atoms with Crippen LogP contribution < -0.4 is 20.3 Å². The maximum atomic E-state index is 12.8. The van der Waals surface area contributed by atoms with Crippen LogP contribution in [-0.4, -0.2) is 96.0 Å². The number of nitrogen functional groups attached to an aromatic ring is 1. The smallest absolute Gasteiger partial charge is 0.378 e. The van der Waals surface area contributed by atoms with Gasteiger partial charge in [-0.25, -0.2) is 19.7 Å². The Morgan fingerprint density at radius 2 is 1.71 bits per heavy atom. The number of hydrogen-bond donors (Lipinski definition) is 2. The van der Waals surface area contributed by atoms with E-state index in [9.17, 15) is 9.59 Å². The molecule has 1 aromatic carbocycles. The van der Waals surface area contributed by atoms with Crippen LogP contribution in [0.2, 0.25) is 0 Å². The molecule has 0 radical (unpaired) electrons. The van der Waals surface area contributed by atoms with E-state index in [1.54, 1.807) is 41.6 Å². The summed E-state index contributed by atoms with van der Waals surface area (Å²) < 4.78 is 18.1. The summed E-state index contributed by atoms with van der Waals surface area (Å²) in [5.41, 5.74) is 8.99. The van der Waals surface area contributed by atoms with Crippen LogP contribution in [0.1, 0.15) is 15.9 Å². The van der Waals surface area contributed by atoms with Crippen molar-refractivity contribution in [2.24, 2.45) is 0 Å². The lowest BCUT2D eigenvalue weighted by Gasteiger charge is -2.28. The number of benzene rings is 1. The molecule has 2 saturated heterocycles. The van der Waals surface area contributed by atoms with Gasteiger partial charge in [0.25, 0.3) is 5.91 Å². The Morgan fingerprint density at radius 3 is 2.46 bits per heavy atom. The van der Waals surface area contributed by atoms with E-state index in [1.165, 1.54) is 0 Å². The molecule has 41 heavy (non-hydrogen) atoms. The molecule has 2 aromatic heterocycles. The van der Waals surface area contributed by atoms with Crippen LogP contribution in [0, 0.1) is 0 Å². The maximum Gasteiger partial charge on any atom is 0.425 e. The predicted octanol–water partition coefficient (Wildman–Crippen LogP) is 2.00. The molecule has 3 aliphatic rings. The molecule has 3 aliphatic heterocycles. The molecule has 0 saturated carbocycles. The highest BCUT2D eigenvalue weighted by atomic mass is 32.2. The van der Waals surface area contributed by atoms with Crippen LogP contribution in [0.25, 0.3) is 11.3 Å². The molecule has 0 aliphatic carbocycles. The molecule has 2 fully saturated rings. The van der Waals surface area contributed by atoms with Gasteiger partial charge in [-0.05, 0) is 24.6 Å². The zero-order chi connectivity index (χ0) is 28.2. The van der Waals surface area contributed by atoms with Crippen molar-refractivity contribution in [2.75, 3.05) is 79.4 Å². The van der Waals surface area contributed by atoms with E-state index in [-0.39, 0.29) is 11.9 Å². The minimum absolute atomic E-state index is 0.105. The highest BCUT2D eigenvalue weighted by Gasteiger charge is 2.30. The van der Waals surface area contributed by atoms with Crippen molar-refractivity contribution in [3.8, 4) is 11.3 Å². The Balaban J connectivity index is 1.16. The average Bonchev–Trinajstić information content (AvgIpc) is 3.43. The first kappa shape index (κ1) is 27.0. The van der Waals surface area contributed by atoms with Gasteiger partial charge in [0, 0.05) is 67.5 Å². The number of aromatic nitrogens is 4. The van der Waals surface area contributed by atoms with Crippen molar-refractivity contribution in [3.05, 3.63) is 47.8 Å². The van der Waals surface area contributed by atoms with Crippen LogP contribution in [0.5, 0.6) is 0 Å². The van der Waals surface area contributed by atoms with Crippen molar-refractivity contribution < 1.29 is 23.2 Å². The number of nitrogens with one attached hydrogen (secondary N) is 1. The fraction of sp³-hybridized carbons (Fsp3) is 0.385. The third-order valence-electron chi connectivity index (χ3n) is 6.87. The van der Waals surface area contributed by atoms with Gasteiger partial charge in [0.2, 0.25) is 11.9 Å². The second-order valence-corrected chi connectivity index (χ2v) is 10.3. The zero-order valence-electron chi connectivity index (χ0n) is 22.2. The Kier molecular flexibility index (Phi) is 7.98. The number of ether oxygens (including phenoxy) is 2. The van der Waals surface area contributed by atoms with Crippen molar-refractivity contribution >= 4 is 47.6 Å². The number of hydrogen-bond acceptors (Lipinski definition) is 13. The van der Waals surface area contributed by atoms with Crippen LogP contribution in [0.3, 0.4) is 0 Å². The standard InChI is InChI=1S/C26H29N9O5S/c27-24-28-15-18(16-29-24)21-20-4-5-35(22(20)32-25(31-21)34-8-12-39-13-9-34)41-40-26(37)30-19-3-1-2-17(14-19)23(36)33-6-10-38-11-7-33/h1-3,14-16H,4-13H2,(H,30,37)(H2,27,28,29). The fourth-order valence-corrected chi connectivity index (χ4v) is 5.38. The topological polar surface area (TPSA) is 161 Å². The van der Waals surface area contributed by atoms with Gasteiger partial charge in [0.1, 0.15) is 0 Å². The second-order valence-electron chi connectivity index (χ2n) is 9.51. The molecule has 0 atom stereocenters. The largest absolute Gasteiger partial charge is 0.425 e. The number of carbonyl (C=O) groups excluding carboxylic acids is 2. The molecule has 0 bridgehead atoms. The van der Waals surface area contributed by atoms with E-state index in [4.69, 9.17) is 29.4 Å². The zero-order valence-corrected chi connectivity index (χ0v) is 23.0. The summed E-state index contributed by atoms with van der Waals surface area (Å²) in [6.07, 6.45) is 3.26. The monoisotopic (exact) mass is 579 g/mol. The Hall–Kier alpha value is -4.21. The maximum absolute atomic E-state index is 12.8. The minimum atomic E-state index is -0.672. The van der Waals surface area contributed by atoms with Crippen molar-refractivity contribution in [1.29, 1.82) is 0 Å². The molecule has 0 spiro atoms. The van der Waals surface area contributed by atoms with Gasteiger partial charge in [-0.15, -0.1) is 0 Å². The van der Waals surface area contributed by atoms with Crippen LogP contribution in [0.4, 0.5) is 28.2 Å². The summed E-state index contributed by atoms with van der Waals surface area (Å²) >= 11 is 0.896. The highest BCUT2D eigenvalue weighted by Crippen LogP contribution is 2.38. The summed E-state index contributed by atoms with van der Waals surface area (Å²) in [6.45, 7) is 5.16. The minimum Gasteiger partial charge on any atom is -0.378 e. The molecule has 6 rings (SSSR count). The van der Waals surface area contributed by atoms with Crippen molar-refractivity contribution in [1.82, 2.24) is 24.8 Å². The van der Waals surface area contributed by atoms with Gasteiger partial charge in [-0.2, -0.15) is 4.98 Å². The number of anilines is 4. The molecule has 0 unspecified atom stereocenters. The highest BCUT2D eigenvalue weighted by molar-refractivity contribution is 7.96. The van der Waals surface area contributed by atoms with Crippen LogP contribution in [0.15, 0.2) is 36.7 Å². The first-order chi connectivity index (χ1) is 20.0. The molecule has 214 valence electrons. The number of nitrogens with two attached hydrogens (primary N) is 1. The number of carbonyl (C=O) groups is 2. The van der Waals surface area contributed by atoms with Gasteiger partial charge in [-0.3, -0.25) is 14.4 Å². The van der Waals surface area contributed by atoms with E-state index in [0.29, 0.717) is 94.3 Å². The SMILES string of the molecule is Nc1ncc(-c2nc(N3CCOCC3)nc3c2CCN3SOC(=O)Nc2cccc(C(=O)N3CCOCC3)c2)cn1. The van der Waals surface area contributed by atoms with E-state index in [2.05, 4.69) is 20.2 Å². The summed E-state index contributed by atoms with van der Waals surface area (Å²) in [5.74, 6) is 1.29. The van der Waals surface area contributed by atoms with Gasteiger partial charge < -0.3 is 29.2 Å². The summed E-state index contributed by atoms with van der Waals surface area (Å²) in [7, 11) is 0. The number of rotatable bonds is 6. The van der Waals surface area contributed by atoms with Crippen molar-refractivity contribution in [2.45, 2.75) is 6.42 Å². The number of fused-ring (bicyclic) bond motifs is 1. The summed E-state index contributed by atoms with van der Waals surface area (Å²) in [4.78, 5) is 47.3. The van der Waals surface area contributed by atoms with Crippen molar-refractivity contribution in [3.63, 3.8) is 0 Å². The molecular weight excluding hydrogens is 550 g/mol. The van der Waals surface area contributed by atoms with Crippen LogP contribution in [-0.2, 0) is 20.1 Å². The molecular formula is C26H29N9O5S. The first-order valence-electron chi connectivity index (χ1n) is 13.3. The number of nitrogens with zero attached hydrogens (tertiary/aromatic N) is 7. The van der Waals surface area contributed by atoms with Gasteiger partial charge in [0.15, 0.2) is 18.0 Å². The predicted molar refractivity (Wildman–Crippen MR) is 152 cm³/mol. The normalized spacial score (nSPS) is 16.8. The lowest BCUT2D eigenvalue weighted by atomic mass is 10.1. The molecule has 14 nitrogen and oxygen atoms in total. The Bertz CT molecular complexity index is 1410. The fourth-order valence-electron chi connectivity index (χ4n) is 4.79. The first-order valence-corrected chi connectivity index (χ1v) is 14.0. The van der Waals surface area contributed by atoms with Crippen LogP contribution >= 0.6 is 12.2 Å². The second kappa shape index (κ2) is 12.1. The average molecular weight is 580 g/mol. The Labute approximate surface area is 240 Å². The molecule has 3 aromatic rings. The summed E-state index contributed by atoms with van der Waals surface area (Å²) in [6, 6.07) is 6.78. The number of morpholine rings is 2. The van der Waals surface area contributed by atoms with Gasteiger partial charge >= 0.3 is 6.09 Å². The number of amides is 2. The lowest BCUT2D eigenvalue weighted by Crippen LogP contribution is -2.40. The van der Waals surface area contributed by atoms with Gasteiger partial charge in [-0.1, -0.05) is 6.07 Å². The van der Waals surface area contributed by atoms with E-state index in [0.717, 1.165) is 23.4 Å². The molecule has 2 amide bonds. The third-order valence-corrected chi connectivity index (χ3v) is 7.63. The van der Waals surface area contributed by atoms with E-state index < -0.39 is 6.09 Å². The van der Waals surface area contributed by atoms with Gasteiger partial charge in [0.05, 0.1) is 32.1 Å². The van der Waals surface area contributed by atoms with E-state index in [1.807, 2.05) is 4.31 Å². The third kappa shape index (κ3) is 6.11. The Morgan fingerprint density at radius 1 is 0.976 bits per heavy atom.